The number of nitrogens with zero attached hydrogens (tertiary/aromatic N) is 5. The fraction of sp³-hybridized carbons (Fsp3) is 0.316. The van der Waals surface area contributed by atoms with Crippen LogP contribution in [0.25, 0.3) is 10.6 Å². The quantitative estimate of drug-likeness (QED) is 0.691. The van der Waals surface area contributed by atoms with Gasteiger partial charge in [0.05, 0.1) is 12.8 Å². The van der Waals surface area contributed by atoms with Gasteiger partial charge in [0.15, 0.2) is 0 Å². The van der Waals surface area contributed by atoms with E-state index in [2.05, 4.69) is 31.2 Å². The molecule has 0 amide bonds. The van der Waals surface area contributed by atoms with Gasteiger partial charge in [0.2, 0.25) is 5.95 Å². The van der Waals surface area contributed by atoms with Crippen molar-refractivity contribution >= 4 is 17.3 Å². The Kier molecular flexibility index (Phi) is 5.08. The SMILES string of the molecule is COc1cccc(-c2nc(CN3CCN(c4ncccn4)CC3)cs2)c1. The number of rotatable bonds is 5. The van der Waals surface area contributed by atoms with Crippen LogP contribution in [0, 0.1) is 0 Å². The van der Waals surface area contributed by atoms with E-state index in [9.17, 15) is 0 Å². The van der Waals surface area contributed by atoms with Crippen LogP contribution in [-0.4, -0.2) is 53.1 Å². The molecule has 26 heavy (non-hydrogen) atoms. The first-order valence-corrected chi connectivity index (χ1v) is 9.53. The summed E-state index contributed by atoms with van der Waals surface area (Å²) in [4.78, 5) is 18.2. The summed E-state index contributed by atoms with van der Waals surface area (Å²) in [6, 6.07) is 9.90. The van der Waals surface area contributed by atoms with Crippen molar-refractivity contribution in [2.75, 3.05) is 38.2 Å². The molecule has 134 valence electrons. The van der Waals surface area contributed by atoms with E-state index in [4.69, 9.17) is 9.72 Å². The smallest absolute Gasteiger partial charge is 0.225 e. The molecular weight excluding hydrogens is 346 g/mol. The molecule has 0 saturated carbocycles. The first kappa shape index (κ1) is 16.9. The molecule has 6 nitrogen and oxygen atoms in total. The first-order chi connectivity index (χ1) is 12.8. The monoisotopic (exact) mass is 367 g/mol. The summed E-state index contributed by atoms with van der Waals surface area (Å²) in [7, 11) is 1.69. The second-order valence-corrected chi connectivity index (χ2v) is 7.05. The minimum Gasteiger partial charge on any atom is -0.497 e. The molecule has 0 aliphatic carbocycles. The van der Waals surface area contributed by atoms with Crippen molar-refractivity contribution in [1.82, 2.24) is 19.9 Å². The van der Waals surface area contributed by atoms with Gasteiger partial charge in [0.1, 0.15) is 10.8 Å². The van der Waals surface area contributed by atoms with Crippen molar-refractivity contribution in [1.29, 1.82) is 0 Å². The van der Waals surface area contributed by atoms with Crippen molar-refractivity contribution in [3.05, 3.63) is 53.8 Å². The Hall–Kier alpha value is -2.51. The van der Waals surface area contributed by atoms with Crippen molar-refractivity contribution in [3.8, 4) is 16.3 Å². The van der Waals surface area contributed by atoms with Crippen molar-refractivity contribution in [3.63, 3.8) is 0 Å². The normalized spacial score (nSPS) is 15.2. The van der Waals surface area contributed by atoms with E-state index in [1.807, 2.05) is 24.3 Å². The Morgan fingerprint density at radius 3 is 2.65 bits per heavy atom. The van der Waals surface area contributed by atoms with Crippen LogP contribution >= 0.6 is 11.3 Å². The number of thiazole rings is 1. The summed E-state index contributed by atoms with van der Waals surface area (Å²) in [6.07, 6.45) is 3.59. The fourth-order valence-electron chi connectivity index (χ4n) is 3.06. The molecule has 0 N–H and O–H groups in total. The standard InChI is InChI=1S/C19H21N5OS/c1-25-17-5-2-4-15(12-17)18-22-16(14-26-18)13-23-8-10-24(11-9-23)19-20-6-3-7-21-19/h2-7,12,14H,8-11,13H2,1H3. The molecule has 7 heteroatoms. The lowest BCUT2D eigenvalue weighted by atomic mass is 10.2. The molecule has 1 aliphatic heterocycles. The van der Waals surface area contributed by atoms with Gasteiger partial charge >= 0.3 is 0 Å². The number of hydrogen-bond acceptors (Lipinski definition) is 7. The number of benzene rings is 1. The van der Waals surface area contributed by atoms with Gasteiger partial charge in [-0.05, 0) is 18.2 Å². The zero-order chi connectivity index (χ0) is 17.8. The summed E-state index contributed by atoms with van der Waals surface area (Å²) < 4.78 is 5.30. The maximum Gasteiger partial charge on any atom is 0.225 e. The molecule has 0 atom stereocenters. The van der Waals surface area contributed by atoms with Crippen LogP contribution in [0.1, 0.15) is 5.69 Å². The lowest BCUT2D eigenvalue weighted by Crippen LogP contribution is -2.46. The zero-order valence-corrected chi connectivity index (χ0v) is 15.5. The lowest BCUT2D eigenvalue weighted by molar-refractivity contribution is 0.246. The summed E-state index contributed by atoms with van der Waals surface area (Å²) in [5.41, 5.74) is 2.23. The van der Waals surface area contributed by atoms with Gasteiger partial charge in [-0.2, -0.15) is 0 Å². The molecule has 0 bridgehead atoms. The zero-order valence-electron chi connectivity index (χ0n) is 14.7. The van der Waals surface area contributed by atoms with Crippen LogP contribution < -0.4 is 9.64 Å². The number of hydrogen-bond donors (Lipinski definition) is 0. The molecule has 3 heterocycles. The molecule has 1 aliphatic rings. The average Bonchev–Trinajstić information content (AvgIpc) is 3.18. The molecule has 0 spiro atoms. The predicted octanol–water partition coefficient (Wildman–Crippen LogP) is 2.93. The summed E-state index contributed by atoms with van der Waals surface area (Å²) in [5, 5.41) is 3.19. The number of aromatic nitrogens is 3. The van der Waals surface area contributed by atoms with Crippen LogP contribution in [0.2, 0.25) is 0 Å². The highest BCUT2D eigenvalue weighted by molar-refractivity contribution is 7.13. The molecule has 1 saturated heterocycles. The maximum absolute atomic E-state index is 5.30. The van der Waals surface area contributed by atoms with E-state index < -0.39 is 0 Å². The van der Waals surface area contributed by atoms with Crippen LogP contribution in [0.4, 0.5) is 5.95 Å². The van der Waals surface area contributed by atoms with Gasteiger partial charge in [-0.1, -0.05) is 12.1 Å². The number of methoxy groups -OCH3 is 1. The predicted molar refractivity (Wildman–Crippen MR) is 104 cm³/mol. The van der Waals surface area contributed by atoms with Crippen molar-refractivity contribution in [2.45, 2.75) is 6.54 Å². The molecule has 1 fully saturated rings. The van der Waals surface area contributed by atoms with Crippen molar-refractivity contribution < 1.29 is 4.74 Å². The van der Waals surface area contributed by atoms with Crippen LogP contribution in [0.3, 0.4) is 0 Å². The molecular formula is C19H21N5OS. The number of anilines is 1. The molecule has 3 aromatic rings. The minimum atomic E-state index is 0.820. The van der Waals surface area contributed by atoms with Crippen molar-refractivity contribution in [2.24, 2.45) is 0 Å². The average molecular weight is 367 g/mol. The molecule has 4 rings (SSSR count). The fourth-order valence-corrected chi connectivity index (χ4v) is 3.87. The van der Waals surface area contributed by atoms with Crippen LogP contribution in [0.5, 0.6) is 5.75 Å². The third kappa shape index (κ3) is 3.84. The highest BCUT2D eigenvalue weighted by Gasteiger charge is 2.19. The van der Waals surface area contributed by atoms with E-state index >= 15 is 0 Å². The molecule has 2 aromatic heterocycles. The Morgan fingerprint density at radius 1 is 1.08 bits per heavy atom. The second kappa shape index (κ2) is 7.80. The largest absolute Gasteiger partial charge is 0.497 e. The molecule has 1 aromatic carbocycles. The molecule has 0 unspecified atom stereocenters. The van der Waals surface area contributed by atoms with Gasteiger partial charge in [0, 0.05) is 56.1 Å². The van der Waals surface area contributed by atoms with E-state index in [1.165, 1.54) is 0 Å². The summed E-state index contributed by atoms with van der Waals surface area (Å²) in [5.74, 6) is 1.68. The highest BCUT2D eigenvalue weighted by atomic mass is 32.1. The van der Waals surface area contributed by atoms with E-state index in [-0.39, 0.29) is 0 Å². The molecule has 0 radical (unpaired) electrons. The third-order valence-electron chi connectivity index (χ3n) is 4.46. The Labute approximate surface area is 157 Å². The minimum absolute atomic E-state index is 0.820. The van der Waals surface area contributed by atoms with Gasteiger partial charge in [-0.25, -0.2) is 15.0 Å². The van der Waals surface area contributed by atoms with E-state index in [0.29, 0.717) is 0 Å². The van der Waals surface area contributed by atoms with Gasteiger partial charge in [-0.15, -0.1) is 11.3 Å². The van der Waals surface area contributed by atoms with Crippen LogP contribution in [-0.2, 0) is 6.54 Å². The topological polar surface area (TPSA) is 54.4 Å². The van der Waals surface area contributed by atoms with Gasteiger partial charge < -0.3 is 9.64 Å². The first-order valence-electron chi connectivity index (χ1n) is 8.65. The van der Waals surface area contributed by atoms with Gasteiger partial charge in [-0.3, -0.25) is 4.90 Å². The third-order valence-corrected chi connectivity index (χ3v) is 5.40. The Morgan fingerprint density at radius 2 is 1.88 bits per heavy atom. The van der Waals surface area contributed by atoms with Crippen LogP contribution in [0.15, 0.2) is 48.1 Å². The number of ether oxygens (including phenoxy) is 1. The van der Waals surface area contributed by atoms with Gasteiger partial charge in [0.25, 0.3) is 0 Å². The lowest BCUT2D eigenvalue weighted by Gasteiger charge is -2.34. The second-order valence-electron chi connectivity index (χ2n) is 6.19. The summed E-state index contributed by atoms with van der Waals surface area (Å²) >= 11 is 1.68. The Balaban J connectivity index is 1.36. The number of piperazine rings is 1. The van der Waals surface area contributed by atoms with E-state index in [1.54, 1.807) is 30.8 Å². The Bertz CT molecular complexity index is 846. The summed E-state index contributed by atoms with van der Waals surface area (Å²) in [6.45, 7) is 4.74. The maximum atomic E-state index is 5.30. The highest BCUT2D eigenvalue weighted by Crippen LogP contribution is 2.27. The van der Waals surface area contributed by atoms with E-state index in [0.717, 1.165) is 60.7 Å².